The molecule has 8 heteroatoms. The summed E-state index contributed by atoms with van der Waals surface area (Å²) < 4.78 is 8.01. The highest BCUT2D eigenvalue weighted by Crippen LogP contribution is 2.30. The van der Waals surface area contributed by atoms with Crippen LogP contribution < -0.4 is 0 Å². The Bertz CT molecular complexity index is 666. The SMILES string of the molecule is C[Si](C)(C)CCOCn1cc2c(Br)ccc([N+](=O)[O-])c2n1. The van der Waals surface area contributed by atoms with Crippen molar-refractivity contribution in [3.8, 4) is 0 Å². The van der Waals surface area contributed by atoms with Crippen molar-refractivity contribution in [3.05, 3.63) is 32.9 Å². The average Bonchev–Trinajstić information content (AvgIpc) is 2.78. The second-order valence-corrected chi connectivity index (χ2v) is 12.6. The molecule has 1 aromatic carbocycles. The Kier molecular flexibility index (Phi) is 4.80. The molecule has 2 aromatic rings. The smallest absolute Gasteiger partial charge is 0.297 e. The van der Waals surface area contributed by atoms with E-state index in [0.717, 1.165) is 15.9 Å². The van der Waals surface area contributed by atoms with Gasteiger partial charge in [-0.1, -0.05) is 35.6 Å². The van der Waals surface area contributed by atoms with Gasteiger partial charge in [-0.15, -0.1) is 0 Å². The van der Waals surface area contributed by atoms with Crippen LogP contribution in [-0.2, 0) is 11.5 Å². The van der Waals surface area contributed by atoms with E-state index in [1.165, 1.54) is 6.07 Å². The molecule has 0 unspecified atom stereocenters. The maximum atomic E-state index is 11.0. The second kappa shape index (κ2) is 6.25. The van der Waals surface area contributed by atoms with E-state index in [2.05, 4.69) is 40.7 Å². The molecule has 21 heavy (non-hydrogen) atoms. The molecule has 0 bridgehead atoms. The number of halogens is 1. The van der Waals surface area contributed by atoms with Crippen molar-refractivity contribution < 1.29 is 9.66 Å². The maximum absolute atomic E-state index is 11.0. The van der Waals surface area contributed by atoms with Gasteiger partial charge in [0.15, 0.2) is 5.52 Å². The van der Waals surface area contributed by atoms with E-state index >= 15 is 0 Å². The molecule has 0 fully saturated rings. The van der Waals surface area contributed by atoms with Gasteiger partial charge in [0, 0.05) is 36.8 Å². The monoisotopic (exact) mass is 371 g/mol. The van der Waals surface area contributed by atoms with Gasteiger partial charge in [0.1, 0.15) is 6.73 Å². The van der Waals surface area contributed by atoms with Crippen LogP contribution in [0.2, 0.25) is 25.7 Å². The van der Waals surface area contributed by atoms with Crippen LogP contribution >= 0.6 is 15.9 Å². The van der Waals surface area contributed by atoms with Gasteiger partial charge in [-0.3, -0.25) is 10.1 Å². The summed E-state index contributed by atoms with van der Waals surface area (Å²) in [5.41, 5.74) is 0.386. The molecule has 0 radical (unpaired) electrons. The van der Waals surface area contributed by atoms with Gasteiger partial charge in [0.05, 0.1) is 4.92 Å². The summed E-state index contributed by atoms with van der Waals surface area (Å²) in [6, 6.07) is 4.20. The first kappa shape index (κ1) is 16.1. The third-order valence-electron chi connectivity index (χ3n) is 3.07. The van der Waals surface area contributed by atoms with Gasteiger partial charge in [-0.25, -0.2) is 4.68 Å². The first-order valence-electron chi connectivity index (χ1n) is 6.66. The number of ether oxygens (including phenoxy) is 1. The fraction of sp³-hybridized carbons (Fsp3) is 0.462. The van der Waals surface area contributed by atoms with Crippen LogP contribution in [0.4, 0.5) is 5.69 Å². The third-order valence-corrected chi connectivity index (χ3v) is 5.46. The summed E-state index contributed by atoms with van der Waals surface area (Å²) in [6.07, 6.45) is 1.76. The van der Waals surface area contributed by atoms with Gasteiger partial charge in [-0.05, 0) is 12.1 Å². The van der Waals surface area contributed by atoms with Crippen molar-refractivity contribution in [2.24, 2.45) is 0 Å². The van der Waals surface area contributed by atoms with Gasteiger partial charge >= 0.3 is 0 Å². The summed E-state index contributed by atoms with van der Waals surface area (Å²) in [7, 11) is -1.11. The number of aromatic nitrogens is 2. The molecule has 0 aliphatic carbocycles. The topological polar surface area (TPSA) is 70.2 Å². The number of nitro benzene ring substituents is 1. The number of nitrogens with zero attached hydrogens (tertiary/aromatic N) is 3. The van der Waals surface area contributed by atoms with Crippen molar-refractivity contribution in [1.29, 1.82) is 0 Å². The van der Waals surface area contributed by atoms with Crippen LogP contribution in [0.3, 0.4) is 0 Å². The van der Waals surface area contributed by atoms with Crippen LogP contribution in [0, 0.1) is 10.1 Å². The van der Waals surface area contributed by atoms with Crippen molar-refractivity contribution in [2.45, 2.75) is 32.4 Å². The summed E-state index contributed by atoms with van der Waals surface area (Å²) in [4.78, 5) is 10.6. The highest BCUT2D eigenvalue weighted by Gasteiger charge is 2.17. The first-order valence-corrected chi connectivity index (χ1v) is 11.2. The summed E-state index contributed by atoms with van der Waals surface area (Å²) in [5, 5.41) is 16.0. The Hall–Kier alpha value is -1.25. The van der Waals surface area contributed by atoms with E-state index in [0.29, 0.717) is 18.9 Å². The van der Waals surface area contributed by atoms with Gasteiger partial charge < -0.3 is 4.74 Å². The number of rotatable bonds is 6. The van der Waals surface area contributed by atoms with Gasteiger partial charge in [-0.2, -0.15) is 5.10 Å². The quantitative estimate of drug-likeness (QED) is 0.332. The van der Waals surface area contributed by atoms with Crippen molar-refractivity contribution in [1.82, 2.24) is 9.78 Å². The van der Waals surface area contributed by atoms with E-state index in [1.807, 2.05) is 0 Å². The molecule has 0 aliphatic rings. The molecule has 114 valence electrons. The molecular weight excluding hydrogens is 354 g/mol. The first-order chi connectivity index (χ1) is 9.78. The van der Waals surface area contributed by atoms with E-state index in [4.69, 9.17) is 4.74 Å². The molecule has 2 rings (SSSR count). The standard InChI is InChI=1S/C13H18BrN3O3Si/c1-21(2,3)7-6-20-9-16-8-10-11(14)4-5-12(17(18)19)13(10)15-16/h4-5,8H,6-7,9H2,1-3H3. The lowest BCUT2D eigenvalue weighted by atomic mass is 10.2. The van der Waals surface area contributed by atoms with Crippen molar-refractivity contribution in [3.63, 3.8) is 0 Å². The molecule has 1 aromatic heterocycles. The van der Waals surface area contributed by atoms with Gasteiger partial charge in [0.2, 0.25) is 0 Å². The molecule has 0 saturated carbocycles. The zero-order chi connectivity index (χ0) is 15.6. The third kappa shape index (κ3) is 4.11. The molecule has 0 aliphatic heterocycles. The predicted octanol–water partition coefficient (Wildman–Crippen LogP) is 4.02. The second-order valence-electron chi connectivity index (χ2n) is 6.10. The Morgan fingerprint density at radius 2 is 2.14 bits per heavy atom. The molecule has 0 saturated heterocycles. The molecule has 0 N–H and O–H groups in total. The number of hydrogen-bond donors (Lipinski definition) is 0. The molecule has 0 amide bonds. The summed E-state index contributed by atoms with van der Waals surface area (Å²) in [6.45, 7) is 7.87. The van der Waals surface area contributed by atoms with Crippen LogP contribution in [0.1, 0.15) is 0 Å². The van der Waals surface area contributed by atoms with Crippen molar-refractivity contribution >= 4 is 40.6 Å². The molecule has 0 spiro atoms. The van der Waals surface area contributed by atoms with E-state index in [1.54, 1.807) is 16.9 Å². The van der Waals surface area contributed by atoms with E-state index in [9.17, 15) is 10.1 Å². The maximum Gasteiger partial charge on any atom is 0.297 e. The lowest BCUT2D eigenvalue weighted by molar-refractivity contribution is -0.383. The number of nitro groups is 1. The largest absolute Gasteiger partial charge is 0.360 e. The minimum Gasteiger partial charge on any atom is -0.360 e. The van der Waals surface area contributed by atoms with Crippen LogP contribution in [0.5, 0.6) is 0 Å². The fourth-order valence-electron chi connectivity index (χ4n) is 1.86. The minimum atomic E-state index is -1.11. The van der Waals surface area contributed by atoms with Crippen LogP contribution in [0.25, 0.3) is 10.9 Å². The Labute approximate surface area is 132 Å². The lowest BCUT2D eigenvalue weighted by Gasteiger charge is -2.15. The predicted molar refractivity (Wildman–Crippen MR) is 88.2 cm³/mol. The normalized spacial score (nSPS) is 12.0. The molecule has 0 atom stereocenters. The minimum absolute atomic E-state index is 0.00838. The number of benzene rings is 1. The lowest BCUT2D eigenvalue weighted by Crippen LogP contribution is -2.22. The van der Waals surface area contributed by atoms with E-state index in [-0.39, 0.29) is 5.69 Å². The zero-order valence-corrected chi connectivity index (χ0v) is 14.9. The fourth-order valence-corrected chi connectivity index (χ4v) is 3.04. The molecular formula is C13H18BrN3O3Si. The summed E-state index contributed by atoms with van der Waals surface area (Å²) in [5.74, 6) is 0. The highest BCUT2D eigenvalue weighted by atomic mass is 79.9. The highest BCUT2D eigenvalue weighted by molar-refractivity contribution is 9.10. The van der Waals surface area contributed by atoms with Crippen LogP contribution in [-0.4, -0.2) is 29.4 Å². The average molecular weight is 372 g/mol. The number of hydrogen-bond acceptors (Lipinski definition) is 4. The van der Waals surface area contributed by atoms with Crippen LogP contribution in [0.15, 0.2) is 22.8 Å². The Morgan fingerprint density at radius 3 is 2.76 bits per heavy atom. The zero-order valence-electron chi connectivity index (χ0n) is 12.3. The molecule has 6 nitrogen and oxygen atoms in total. The number of fused-ring (bicyclic) bond motifs is 1. The Balaban J connectivity index is 2.14. The summed E-state index contributed by atoms with van der Waals surface area (Å²) >= 11 is 3.39. The molecule has 1 heterocycles. The number of non-ortho nitro benzene ring substituents is 1. The van der Waals surface area contributed by atoms with Crippen molar-refractivity contribution in [2.75, 3.05) is 6.61 Å². The van der Waals surface area contributed by atoms with E-state index < -0.39 is 13.0 Å². The Morgan fingerprint density at radius 1 is 1.43 bits per heavy atom. The van der Waals surface area contributed by atoms with Gasteiger partial charge in [0.25, 0.3) is 5.69 Å².